The molecule has 1 aromatic heterocycles. The lowest BCUT2D eigenvalue weighted by molar-refractivity contribution is -0.118. The van der Waals surface area contributed by atoms with E-state index < -0.39 is 17.4 Å². The van der Waals surface area contributed by atoms with E-state index in [-0.39, 0.29) is 28.7 Å². The number of nitrogens with zero attached hydrogens (tertiary/aromatic N) is 3. The van der Waals surface area contributed by atoms with E-state index in [1.807, 2.05) is 11.8 Å². The summed E-state index contributed by atoms with van der Waals surface area (Å²) in [5.74, 6) is -0.127. The number of hydrogen-bond acceptors (Lipinski definition) is 6. The van der Waals surface area contributed by atoms with Crippen LogP contribution in [0.4, 0.5) is 11.6 Å². The number of anilines is 2. The Morgan fingerprint density at radius 3 is 2.73 bits per heavy atom. The molecular formula is C24H27N5O4. The number of carbonyl (C=O) groups is 2. The van der Waals surface area contributed by atoms with Crippen LogP contribution >= 0.6 is 0 Å². The monoisotopic (exact) mass is 449 g/mol. The first-order valence-corrected chi connectivity index (χ1v) is 11.1. The first-order chi connectivity index (χ1) is 15.9. The van der Waals surface area contributed by atoms with Crippen molar-refractivity contribution in [1.82, 2.24) is 9.97 Å². The predicted octanol–water partition coefficient (Wildman–Crippen LogP) is 1.50. The summed E-state index contributed by atoms with van der Waals surface area (Å²) in [6.45, 7) is 9.07. The molecule has 2 N–H and O–H groups in total. The number of fused-ring (bicyclic) bond motifs is 1. The smallest absolute Gasteiger partial charge is 0.262 e. The summed E-state index contributed by atoms with van der Waals surface area (Å²) in [5, 5.41) is 2.80. The van der Waals surface area contributed by atoms with Crippen LogP contribution in [0.15, 0.2) is 40.6 Å². The van der Waals surface area contributed by atoms with Crippen LogP contribution in [-0.4, -0.2) is 41.0 Å². The van der Waals surface area contributed by atoms with Gasteiger partial charge in [0.1, 0.15) is 5.76 Å². The van der Waals surface area contributed by atoms with Crippen molar-refractivity contribution in [1.29, 1.82) is 0 Å². The second kappa shape index (κ2) is 9.40. The third-order valence-electron chi connectivity index (χ3n) is 5.88. The number of aromatic nitrogens is 2. The predicted molar refractivity (Wildman–Crippen MR) is 125 cm³/mol. The van der Waals surface area contributed by atoms with Gasteiger partial charge in [-0.1, -0.05) is 6.58 Å². The number of amides is 2. The topological polar surface area (TPSA) is 117 Å². The highest BCUT2D eigenvalue weighted by Gasteiger charge is 2.25. The van der Waals surface area contributed by atoms with Gasteiger partial charge in [-0.2, -0.15) is 9.98 Å². The molecule has 0 saturated carbocycles. The van der Waals surface area contributed by atoms with Gasteiger partial charge in [0.05, 0.1) is 18.2 Å². The lowest BCUT2D eigenvalue weighted by Gasteiger charge is -2.33. The summed E-state index contributed by atoms with van der Waals surface area (Å²) in [7, 11) is 0. The largest absolute Gasteiger partial charge is 0.494 e. The molecule has 0 bridgehead atoms. The summed E-state index contributed by atoms with van der Waals surface area (Å²) < 4.78 is 5.39. The maximum Gasteiger partial charge on any atom is 0.262 e. The van der Waals surface area contributed by atoms with Gasteiger partial charge in [-0.15, -0.1) is 0 Å². The molecule has 9 heteroatoms. The average Bonchev–Trinajstić information content (AvgIpc) is 2.79. The molecule has 1 fully saturated rings. The highest BCUT2D eigenvalue weighted by Crippen LogP contribution is 2.20. The van der Waals surface area contributed by atoms with Gasteiger partial charge in [-0.05, 0) is 57.4 Å². The molecule has 1 aromatic carbocycles. The molecule has 1 unspecified atom stereocenters. The molecular weight excluding hydrogens is 422 g/mol. The minimum atomic E-state index is -0.540. The minimum absolute atomic E-state index is 0.00344. The Morgan fingerprint density at radius 2 is 2.03 bits per heavy atom. The average molecular weight is 450 g/mol. The number of piperidine rings is 1. The van der Waals surface area contributed by atoms with Crippen molar-refractivity contribution in [2.45, 2.75) is 45.6 Å². The molecule has 4 rings (SSSR count). The molecule has 2 aromatic rings. The van der Waals surface area contributed by atoms with Crippen LogP contribution in [0.2, 0.25) is 0 Å². The molecule has 1 atom stereocenters. The number of nitrogens with one attached hydrogen (secondary N) is 2. The van der Waals surface area contributed by atoms with Crippen LogP contribution in [0, 0.1) is 0 Å². The number of carbonyl (C=O) groups excluding carboxylic acids is 2. The standard InChI is InChI=1S/C24H27N5O4/c1-4-33-15(3)16-8-10-17(11-9-16)25-22(31)18-13-19(30)26-21-20(18)23(32)28-24(27-21)29-12-6-5-7-14(29)2/h8-11,14H,3-7,12-13H2,1-2H3,(H,25,31)(H,26,27,28,30,32). The first-order valence-electron chi connectivity index (χ1n) is 11.1. The zero-order valence-electron chi connectivity index (χ0n) is 18.8. The number of hydrogen-bond donors (Lipinski definition) is 2. The van der Waals surface area contributed by atoms with E-state index in [9.17, 15) is 14.4 Å². The Bertz CT molecular complexity index is 1280. The van der Waals surface area contributed by atoms with E-state index in [0.717, 1.165) is 31.4 Å². The van der Waals surface area contributed by atoms with Crippen molar-refractivity contribution in [3.8, 4) is 0 Å². The van der Waals surface area contributed by atoms with Crippen molar-refractivity contribution < 1.29 is 14.3 Å². The number of ether oxygens (including phenoxy) is 1. The summed E-state index contributed by atoms with van der Waals surface area (Å²) >= 11 is 0. The van der Waals surface area contributed by atoms with Gasteiger partial charge in [0.25, 0.3) is 17.4 Å². The minimum Gasteiger partial charge on any atom is -0.494 e. The molecule has 3 heterocycles. The molecule has 0 spiro atoms. The zero-order valence-corrected chi connectivity index (χ0v) is 18.8. The van der Waals surface area contributed by atoms with Crippen LogP contribution in [0.3, 0.4) is 0 Å². The van der Waals surface area contributed by atoms with Gasteiger partial charge in [-0.3, -0.25) is 19.4 Å². The molecule has 9 nitrogen and oxygen atoms in total. The molecule has 33 heavy (non-hydrogen) atoms. The molecule has 172 valence electrons. The van der Waals surface area contributed by atoms with Gasteiger partial charge in [0.2, 0.25) is 5.95 Å². The summed E-state index contributed by atoms with van der Waals surface area (Å²) in [6.07, 6.45) is 2.85. The van der Waals surface area contributed by atoms with E-state index in [2.05, 4.69) is 33.8 Å². The van der Waals surface area contributed by atoms with Crippen molar-refractivity contribution in [2.24, 2.45) is 4.99 Å². The van der Waals surface area contributed by atoms with Crippen LogP contribution in [0.25, 0.3) is 11.3 Å². The molecule has 2 aliphatic rings. The van der Waals surface area contributed by atoms with E-state index >= 15 is 0 Å². The van der Waals surface area contributed by atoms with E-state index in [1.165, 1.54) is 0 Å². The van der Waals surface area contributed by atoms with Crippen molar-refractivity contribution in [3.63, 3.8) is 0 Å². The lowest BCUT2D eigenvalue weighted by atomic mass is 10.0. The van der Waals surface area contributed by atoms with Gasteiger partial charge >= 0.3 is 0 Å². The van der Waals surface area contributed by atoms with E-state index in [1.54, 1.807) is 24.3 Å². The third-order valence-corrected chi connectivity index (χ3v) is 5.88. The fraction of sp³-hybridized carbons (Fsp3) is 0.375. The molecule has 2 aliphatic heterocycles. The maximum absolute atomic E-state index is 13.0. The molecule has 1 saturated heterocycles. The fourth-order valence-electron chi connectivity index (χ4n) is 4.15. The van der Waals surface area contributed by atoms with Crippen molar-refractivity contribution in [2.75, 3.05) is 23.4 Å². The Balaban J connectivity index is 1.66. The number of aromatic amines is 1. The number of rotatable bonds is 6. The Hall–Kier alpha value is -3.75. The molecule has 0 radical (unpaired) electrons. The lowest BCUT2D eigenvalue weighted by Crippen LogP contribution is -2.51. The highest BCUT2D eigenvalue weighted by molar-refractivity contribution is 6.23. The quantitative estimate of drug-likeness (QED) is 0.646. The second-order valence-corrected chi connectivity index (χ2v) is 8.17. The van der Waals surface area contributed by atoms with Crippen molar-refractivity contribution in [3.05, 3.63) is 57.5 Å². The zero-order chi connectivity index (χ0) is 23.5. The van der Waals surface area contributed by atoms with Gasteiger partial charge in [-0.25, -0.2) is 0 Å². The van der Waals surface area contributed by atoms with Crippen LogP contribution in [0.1, 0.15) is 45.1 Å². The Morgan fingerprint density at radius 1 is 1.27 bits per heavy atom. The van der Waals surface area contributed by atoms with Crippen LogP contribution in [-0.2, 0) is 14.3 Å². The highest BCUT2D eigenvalue weighted by atomic mass is 16.5. The van der Waals surface area contributed by atoms with Crippen LogP contribution < -0.4 is 26.5 Å². The number of benzene rings is 1. The van der Waals surface area contributed by atoms with Crippen LogP contribution in [0.5, 0.6) is 0 Å². The SMILES string of the molecule is C=C(OCC)c1ccc(NC(=O)C2=c3c(nc(N4CCCCC4C)[nH]c3=O)=NC(=O)C2)cc1. The Labute approximate surface area is 190 Å². The fourth-order valence-corrected chi connectivity index (χ4v) is 4.15. The van der Waals surface area contributed by atoms with Gasteiger partial charge < -0.3 is 15.0 Å². The maximum atomic E-state index is 13.0. The normalized spacial score (nSPS) is 17.8. The summed E-state index contributed by atoms with van der Waals surface area (Å²) in [5.41, 5.74) is 0.883. The first kappa shape index (κ1) is 22.4. The third kappa shape index (κ3) is 4.72. The summed E-state index contributed by atoms with van der Waals surface area (Å²) in [4.78, 5) is 51.5. The number of H-pyrrole nitrogens is 1. The van der Waals surface area contributed by atoms with E-state index in [4.69, 9.17) is 4.74 Å². The summed E-state index contributed by atoms with van der Waals surface area (Å²) in [6, 6.07) is 7.17. The van der Waals surface area contributed by atoms with Gasteiger partial charge in [0.15, 0.2) is 5.49 Å². The molecule has 2 amide bonds. The van der Waals surface area contributed by atoms with E-state index in [0.29, 0.717) is 24.0 Å². The van der Waals surface area contributed by atoms with Gasteiger partial charge in [0, 0.05) is 29.4 Å². The Kier molecular flexibility index (Phi) is 6.39. The van der Waals surface area contributed by atoms with Crippen molar-refractivity contribution >= 4 is 34.8 Å². The second-order valence-electron chi connectivity index (χ2n) is 8.17. The molecule has 0 aliphatic carbocycles.